The van der Waals surface area contributed by atoms with Gasteiger partial charge in [0.05, 0.1) is 13.2 Å². The van der Waals surface area contributed by atoms with Crippen LogP contribution < -0.4 is 0 Å². The zero-order valence-electron chi connectivity index (χ0n) is 14.6. The van der Waals surface area contributed by atoms with Crippen molar-refractivity contribution in [1.29, 1.82) is 0 Å². The third-order valence-electron chi connectivity index (χ3n) is 4.72. The Kier molecular flexibility index (Phi) is 4.68. The lowest BCUT2D eigenvalue weighted by atomic mass is 10.0. The van der Waals surface area contributed by atoms with Crippen LogP contribution >= 0.6 is 0 Å². The Balaban J connectivity index is 1.49. The van der Waals surface area contributed by atoms with Gasteiger partial charge in [0.25, 0.3) is 0 Å². The number of benzene rings is 2. The molecule has 3 heteroatoms. The van der Waals surface area contributed by atoms with Crippen LogP contribution in [0.1, 0.15) is 22.5 Å². The molecular formula is C22H23NO2. The average Bonchev–Trinajstić information content (AvgIpc) is 2.88. The Labute approximate surface area is 148 Å². The number of hydrogen-bond acceptors (Lipinski definition) is 3. The van der Waals surface area contributed by atoms with Crippen molar-refractivity contribution in [3.8, 4) is 0 Å². The van der Waals surface area contributed by atoms with Crippen molar-refractivity contribution in [1.82, 2.24) is 4.90 Å². The van der Waals surface area contributed by atoms with Crippen LogP contribution in [0.4, 0.5) is 0 Å². The molecule has 2 aromatic carbocycles. The molecule has 0 saturated heterocycles. The van der Waals surface area contributed by atoms with Gasteiger partial charge in [-0.05, 0) is 36.7 Å². The van der Waals surface area contributed by atoms with Crippen molar-refractivity contribution in [2.45, 2.75) is 19.6 Å². The number of rotatable bonds is 5. The van der Waals surface area contributed by atoms with Crippen LogP contribution in [0.25, 0.3) is 17.0 Å². The predicted molar refractivity (Wildman–Crippen MR) is 101 cm³/mol. The van der Waals surface area contributed by atoms with Gasteiger partial charge in [-0.25, -0.2) is 0 Å². The summed E-state index contributed by atoms with van der Waals surface area (Å²) in [5.74, 6) is 0.958. The van der Waals surface area contributed by atoms with E-state index in [9.17, 15) is 0 Å². The fourth-order valence-corrected chi connectivity index (χ4v) is 3.44. The van der Waals surface area contributed by atoms with E-state index >= 15 is 0 Å². The maximum Gasteiger partial charge on any atom is 0.135 e. The lowest BCUT2D eigenvalue weighted by Gasteiger charge is -2.12. The second-order valence-electron chi connectivity index (χ2n) is 6.63. The molecule has 2 heterocycles. The summed E-state index contributed by atoms with van der Waals surface area (Å²) in [6.45, 7) is 3.21. The fraction of sp³-hybridized carbons (Fsp3) is 0.273. The summed E-state index contributed by atoms with van der Waals surface area (Å²) >= 11 is 0. The van der Waals surface area contributed by atoms with Crippen molar-refractivity contribution in [2.24, 2.45) is 0 Å². The fourth-order valence-electron chi connectivity index (χ4n) is 3.44. The summed E-state index contributed by atoms with van der Waals surface area (Å²) in [4.78, 5) is 2.35. The maximum atomic E-state index is 6.11. The molecule has 1 aliphatic heterocycles. The summed E-state index contributed by atoms with van der Waals surface area (Å²) in [5.41, 5.74) is 4.87. The molecule has 0 unspecified atom stereocenters. The van der Waals surface area contributed by atoms with E-state index in [1.807, 2.05) is 24.3 Å². The second-order valence-corrected chi connectivity index (χ2v) is 6.63. The highest BCUT2D eigenvalue weighted by Gasteiger charge is 2.20. The molecule has 0 atom stereocenters. The first-order valence-corrected chi connectivity index (χ1v) is 8.81. The summed E-state index contributed by atoms with van der Waals surface area (Å²) < 4.78 is 11.8. The first kappa shape index (κ1) is 16.1. The molecule has 1 aromatic heterocycles. The SMILES string of the molecule is CN1CCc2cccc3oc(C=CCOCc4ccccc4)c(c23)C1. The molecule has 128 valence electrons. The number of furan rings is 1. The average molecular weight is 333 g/mol. The minimum atomic E-state index is 0.577. The van der Waals surface area contributed by atoms with Gasteiger partial charge < -0.3 is 14.1 Å². The molecule has 0 radical (unpaired) electrons. The van der Waals surface area contributed by atoms with Gasteiger partial charge in [-0.3, -0.25) is 0 Å². The number of nitrogens with zero attached hydrogens (tertiary/aromatic N) is 1. The van der Waals surface area contributed by atoms with Crippen LogP contribution in [0.15, 0.2) is 59.0 Å². The van der Waals surface area contributed by atoms with E-state index in [4.69, 9.17) is 9.15 Å². The standard InChI is InChI=1S/C22H23NO2/c1-23-13-12-18-9-5-10-21-22(18)19(15-23)20(25-21)11-6-14-24-16-17-7-3-2-4-8-17/h2-11H,12-16H2,1H3. The van der Waals surface area contributed by atoms with Gasteiger partial charge in [-0.15, -0.1) is 0 Å². The third-order valence-corrected chi connectivity index (χ3v) is 4.72. The van der Waals surface area contributed by atoms with Gasteiger partial charge in [0, 0.05) is 24.0 Å². The van der Waals surface area contributed by atoms with Crippen LogP contribution in [0.5, 0.6) is 0 Å². The topological polar surface area (TPSA) is 25.6 Å². The highest BCUT2D eigenvalue weighted by molar-refractivity contribution is 5.88. The predicted octanol–water partition coefficient (Wildman–Crippen LogP) is 4.65. The van der Waals surface area contributed by atoms with E-state index in [1.165, 1.54) is 22.1 Å². The van der Waals surface area contributed by atoms with E-state index in [0.717, 1.165) is 30.9 Å². The number of hydrogen-bond donors (Lipinski definition) is 0. The summed E-state index contributed by atoms with van der Waals surface area (Å²) in [6, 6.07) is 16.6. The molecule has 0 N–H and O–H groups in total. The Morgan fingerprint density at radius 2 is 2.00 bits per heavy atom. The van der Waals surface area contributed by atoms with Gasteiger partial charge in [-0.1, -0.05) is 48.5 Å². The lowest BCUT2D eigenvalue weighted by molar-refractivity contribution is 0.149. The van der Waals surface area contributed by atoms with Crippen molar-refractivity contribution in [3.05, 3.63) is 77.1 Å². The Morgan fingerprint density at radius 1 is 1.12 bits per heavy atom. The first-order chi connectivity index (χ1) is 12.3. The Bertz CT molecular complexity index is 880. The van der Waals surface area contributed by atoms with Gasteiger partial charge in [0.1, 0.15) is 11.3 Å². The molecular weight excluding hydrogens is 310 g/mol. The normalized spacial score (nSPS) is 15.1. The van der Waals surface area contributed by atoms with E-state index in [-0.39, 0.29) is 0 Å². The summed E-state index contributed by atoms with van der Waals surface area (Å²) in [6.07, 6.45) is 5.18. The Morgan fingerprint density at radius 3 is 2.88 bits per heavy atom. The second kappa shape index (κ2) is 7.26. The number of likely N-dealkylation sites (N-methyl/N-ethyl adjacent to an activating group) is 1. The van der Waals surface area contributed by atoms with Crippen molar-refractivity contribution >= 4 is 17.0 Å². The zero-order chi connectivity index (χ0) is 17.1. The monoisotopic (exact) mass is 333 g/mol. The zero-order valence-corrected chi connectivity index (χ0v) is 14.6. The largest absolute Gasteiger partial charge is 0.456 e. The summed E-state index contributed by atoms with van der Waals surface area (Å²) in [5, 5.41) is 1.30. The van der Waals surface area contributed by atoms with Crippen molar-refractivity contribution < 1.29 is 9.15 Å². The lowest BCUT2D eigenvalue weighted by Crippen LogP contribution is -2.18. The highest BCUT2D eigenvalue weighted by Crippen LogP contribution is 2.33. The van der Waals surface area contributed by atoms with E-state index in [1.54, 1.807) is 0 Å². The molecule has 0 bridgehead atoms. The molecule has 0 spiro atoms. The van der Waals surface area contributed by atoms with Gasteiger partial charge >= 0.3 is 0 Å². The smallest absolute Gasteiger partial charge is 0.135 e. The molecule has 3 aromatic rings. The van der Waals surface area contributed by atoms with Gasteiger partial charge in [0.15, 0.2) is 0 Å². The van der Waals surface area contributed by atoms with Crippen LogP contribution in [0, 0.1) is 0 Å². The van der Waals surface area contributed by atoms with Gasteiger partial charge in [-0.2, -0.15) is 0 Å². The molecule has 4 rings (SSSR count). The molecule has 0 saturated carbocycles. The minimum Gasteiger partial charge on any atom is -0.456 e. The van der Waals surface area contributed by atoms with Crippen LogP contribution in [-0.2, 0) is 24.3 Å². The third kappa shape index (κ3) is 3.53. The van der Waals surface area contributed by atoms with Crippen LogP contribution in [0.3, 0.4) is 0 Å². The minimum absolute atomic E-state index is 0.577. The molecule has 1 aliphatic rings. The van der Waals surface area contributed by atoms with Gasteiger partial charge in [0.2, 0.25) is 0 Å². The molecule has 25 heavy (non-hydrogen) atoms. The molecule has 0 aliphatic carbocycles. The summed E-state index contributed by atoms with van der Waals surface area (Å²) in [7, 11) is 2.17. The first-order valence-electron chi connectivity index (χ1n) is 8.81. The molecule has 3 nitrogen and oxygen atoms in total. The Hall–Kier alpha value is -2.36. The number of ether oxygens (including phenoxy) is 1. The highest BCUT2D eigenvalue weighted by atomic mass is 16.5. The van der Waals surface area contributed by atoms with Crippen molar-refractivity contribution in [2.75, 3.05) is 20.2 Å². The van der Waals surface area contributed by atoms with E-state index < -0.39 is 0 Å². The molecule has 0 fully saturated rings. The maximum absolute atomic E-state index is 6.11. The van der Waals surface area contributed by atoms with Crippen molar-refractivity contribution in [3.63, 3.8) is 0 Å². The van der Waals surface area contributed by atoms with Crippen LogP contribution in [-0.4, -0.2) is 25.1 Å². The quantitative estimate of drug-likeness (QED) is 0.636. The van der Waals surface area contributed by atoms with E-state index in [0.29, 0.717) is 13.2 Å². The van der Waals surface area contributed by atoms with E-state index in [2.05, 4.69) is 48.4 Å². The molecule has 0 amide bonds. The van der Waals surface area contributed by atoms with Crippen LogP contribution in [0.2, 0.25) is 0 Å².